The van der Waals surface area contributed by atoms with Crippen LogP contribution in [0.25, 0.3) is 0 Å². The van der Waals surface area contributed by atoms with E-state index in [0.717, 1.165) is 5.56 Å². The fourth-order valence-corrected chi connectivity index (χ4v) is 1.08. The Morgan fingerprint density at radius 2 is 2.36 bits per heavy atom. The number of nitrogens with zero attached hydrogens (tertiary/aromatic N) is 1. The molecule has 2 N–H and O–H groups in total. The number of carbonyl (C=O) groups is 1. The first kappa shape index (κ1) is 6.15. The van der Waals surface area contributed by atoms with Crippen LogP contribution in [-0.4, -0.2) is 17.1 Å². The maximum absolute atomic E-state index is 11.1. The monoisotopic (exact) mass is 149 g/mol. The Kier molecular flexibility index (Phi) is 1.25. The molecule has 56 valence electrons. The first-order valence-electron chi connectivity index (χ1n) is 3.35. The van der Waals surface area contributed by atoms with Gasteiger partial charge in [-0.15, -0.1) is 0 Å². The second-order valence-electron chi connectivity index (χ2n) is 2.35. The van der Waals surface area contributed by atoms with Crippen LogP contribution in [0.15, 0.2) is 17.5 Å². The number of H-pyrrole nitrogens is 1. The molecule has 1 aliphatic rings. The Balaban J connectivity index is 2.49. The van der Waals surface area contributed by atoms with Gasteiger partial charge in [-0.2, -0.15) is 5.10 Å². The van der Waals surface area contributed by atoms with Gasteiger partial charge in [0.1, 0.15) is 0 Å². The molecule has 0 unspecified atom stereocenters. The Labute approximate surface area is 63.3 Å². The first-order chi connectivity index (χ1) is 5.38. The van der Waals surface area contributed by atoms with Crippen molar-refractivity contribution in [1.82, 2.24) is 10.4 Å². The minimum atomic E-state index is -0.144. The molecule has 0 saturated carbocycles. The summed E-state index contributed by atoms with van der Waals surface area (Å²) in [4.78, 5) is 14.0. The summed E-state index contributed by atoms with van der Waals surface area (Å²) in [6.07, 6.45) is 5.88. The van der Waals surface area contributed by atoms with Crippen molar-refractivity contribution < 1.29 is 4.79 Å². The Bertz CT molecular complexity index is 313. The molecule has 11 heavy (non-hydrogen) atoms. The highest BCUT2D eigenvalue weighted by atomic mass is 16.2. The largest absolute Gasteiger partial charge is 0.367 e. The molecule has 1 amide bonds. The second kappa shape index (κ2) is 2.23. The zero-order valence-electron chi connectivity index (χ0n) is 5.79. The Hall–Kier alpha value is -1.58. The van der Waals surface area contributed by atoms with Crippen molar-refractivity contribution in [3.63, 3.8) is 0 Å². The maximum atomic E-state index is 11.1. The van der Waals surface area contributed by atoms with Crippen LogP contribution in [0.1, 0.15) is 15.9 Å². The van der Waals surface area contributed by atoms with Gasteiger partial charge in [0.2, 0.25) is 0 Å². The zero-order chi connectivity index (χ0) is 7.68. The summed E-state index contributed by atoms with van der Waals surface area (Å²) in [6.45, 7) is 0. The van der Waals surface area contributed by atoms with Gasteiger partial charge in [0, 0.05) is 25.0 Å². The van der Waals surface area contributed by atoms with Crippen molar-refractivity contribution in [2.75, 3.05) is 0 Å². The normalized spacial score (nSPS) is 15.5. The standard InChI is InChI=1S/C7H7N3O/c11-7-6-4-8-3-5(6)1-2-9-10-7/h2-4,8H,1H2,(H,10,11). The van der Waals surface area contributed by atoms with E-state index in [1.807, 2.05) is 6.20 Å². The molecular formula is C7H7N3O. The van der Waals surface area contributed by atoms with Crippen LogP contribution in [0.5, 0.6) is 0 Å². The van der Waals surface area contributed by atoms with Crippen molar-refractivity contribution in [2.45, 2.75) is 6.42 Å². The summed E-state index contributed by atoms with van der Waals surface area (Å²) in [5, 5.41) is 3.70. The van der Waals surface area contributed by atoms with E-state index in [4.69, 9.17) is 0 Å². The summed E-state index contributed by atoms with van der Waals surface area (Å²) >= 11 is 0. The summed E-state index contributed by atoms with van der Waals surface area (Å²) in [5.41, 5.74) is 4.07. The molecule has 1 aliphatic heterocycles. The van der Waals surface area contributed by atoms with E-state index in [9.17, 15) is 4.79 Å². The predicted molar refractivity (Wildman–Crippen MR) is 40.5 cm³/mol. The third-order valence-electron chi connectivity index (χ3n) is 1.64. The van der Waals surface area contributed by atoms with Crippen molar-refractivity contribution in [3.05, 3.63) is 23.5 Å². The van der Waals surface area contributed by atoms with Gasteiger partial charge in [-0.25, -0.2) is 5.43 Å². The van der Waals surface area contributed by atoms with Crippen molar-refractivity contribution in [3.8, 4) is 0 Å². The van der Waals surface area contributed by atoms with Gasteiger partial charge in [-0.3, -0.25) is 4.79 Å². The van der Waals surface area contributed by atoms with Gasteiger partial charge in [0.05, 0.1) is 5.56 Å². The third kappa shape index (κ3) is 0.920. The highest BCUT2D eigenvalue weighted by Crippen LogP contribution is 2.09. The van der Waals surface area contributed by atoms with E-state index in [2.05, 4.69) is 15.5 Å². The lowest BCUT2D eigenvalue weighted by Gasteiger charge is -1.93. The first-order valence-corrected chi connectivity index (χ1v) is 3.35. The van der Waals surface area contributed by atoms with Crippen LogP contribution in [-0.2, 0) is 6.42 Å². The van der Waals surface area contributed by atoms with Crippen LogP contribution in [0.4, 0.5) is 0 Å². The molecule has 0 bridgehead atoms. The SMILES string of the molecule is O=C1NN=CCc2c[nH]cc21. The molecule has 0 saturated heterocycles. The lowest BCUT2D eigenvalue weighted by molar-refractivity contribution is 0.0955. The van der Waals surface area contributed by atoms with E-state index in [-0.39, 0.29) is 5.91 Å². The van der Waals surface area contributed by atoms with E-state index < -0.39 is 0 Å². The summed E-state index contributed by atoms with van der Waals surface area (Å²) < 4.78 is 0. The van der Waals surface area contributed by atoms with Gasteiger partial charge in [0.15, 0.2) is 0 Å². The molecule has 0 fully saturated rings. The van der Waals surface area contributed by atoms with Crippen LogP contribution in [0, 0.1) is 0 Å². The predicted octanol–water partition coefficient (Wildman–Crippen LogP) is 0.286. The molecule has 2 rings (SSSR count). The fourth-order valence-electron chi connectivity index (χ4n) is 1.08. The average molecular weight is 149 g/mol. The molecule has 4 heteroatoms. The van der Waals surface area contributed by atoms with Gasteiger partial charge in [-0.05, 0) is 5.56 Å². The lowest BCUT2D eigenvalue weighted by Crippen LogP contribution is -2.15. The average Bonchev–Trinajstić information content (AvgIpc) is 2.40. The number of nitrogens with one attached hydrogen (secondary N) is 2. The molecule has 0 radical (unpaired) electrons. The van der Waals surface area contributed by atoms with Gasteiger partial charge < -0.3 is 4.98 Å². The van der Waals surface area contributed by atoms with Crippen LogP contribution in [0.2, 0.25) is 0 Å². The van der Waals surface area contributed by atoms with E-state index in [1.54, 1.807) is 12.4 Å². The van der Waals surface area contributed by atoms with Gasteiger partial charge in [-0.1, -0.05) is 0 Å². The lowest BCUT2D eigenvalue weighted by atomic mass is 10.1. The van der Waals surface area contributed by atoms with E-state index in [1.165, 1.54) is 0 Å². The van der Waals surface area contributed by atoms with Gasteiger partial charge in [0.25, 0.3) is 5.91 Å². The number of fused-ring (bicyclic) bond motifs is 1. The molecule has 0 aromatic carbocycles. The number of aromatic nitrogens is 1. The Morgan fingerprint density at radius 1 is 1.45 bits per heavy atom. The molecule has 4 nitrogen and oxygen atoms in total. The van der Waals surface area contributed by atoms with Crippen molar-refractivity contribution >= 4 is 12.1 Å². The minimum Gasteiger partial charge on any atom is -0.367 e. The molecule has 2 heterocycles. The van der Waals surface area contributed by atoms with Crippen molar-refractivity contribution in [2.24, 2.45) is 5.10 Å². The molecule has 0 spiro atoms. The van der Waals surface area contributed by atoms with Crippen LogP contribution >= 0.6 is 0 Å². The topological polar surface area (TPSA) is 57.2 Å². The Morgan fingerprint density at radius 3 is 3.27 bits per heavy atom. The van der Waals surface area contributed by atoms with Crippen LogP contribution < -0.4 is 5.43 Å². The second-order valence-corrected chi connectivity index (χ2v) is 2.35. The summed E-state index contributed by atoms with van der Waals surface area (Å²) in [6, 6.07) is 0. The molecular weight excluding hydrogens is 142 g/mol. The van der Waals surface area contributed by atoms with Crippen LogP contribution in [0.3, 0.4) is 0 Å². The van der Waals surface area contributed by atoms with E-state index in [0.29, 0.717) is 12.0 Å². The minimum absolute atomic E-state index is 0.144. The number of hydrogen-bond acceptors (Lipinski definition) is 2. The fraction of sp³-hybridized carbons (Fsp3) is 0.143. The smallest absolute Gasteiger partial charge is 0.273 e. The quantitative estimate of drug-likeness (QED) is 0.547. The number of carbonyl (C=O) groups excluding carboxylic acids is 1. The third-order valence-corrected chi connectivity index (χ3v) is 1.64. The number of hydrogen-bond donors (Lipinski definition) is 2. The van der Waals surface area contributed by atoms with Gasteiger partial charge >= 0.3 is 0 Å². The highest BCUT2D eigenvalue weighted by Gasteiger charge is 2.12. The summed E-state index contributed by atoms with van der Waals surface area (Å²) in [5.74, 6) is -0.144. The van der Waals surface area contributed by atoms with E-state index >= 15 is 0 Å². The zero-order valence-corrected chi connectivity index (χ0v) is 5.79. The highest BCUT2D eigenvalue weighted by molar-refractivity contribution is 5.97. The molecule has 0 atom stereocenters. The number of aromatic amines is 1. The maximum Gasteiger partial charge on any atom is 0.273 e. The molecule has 0 aliphatic carbocycles. The summed E-state index contributed by atoms with van der Waals surface area (Å²) in [7, 11) is 0. The molecule has 1 aromatic heterocycles. The number of amides is 1. The number of rotatable bonds is 0. The number of hydrazone groups is 1. The van der Waals surface area contributed by atoms with Crippen molar-refractivity contribution in [1.29, 1.82) is 0 Å². The molecule has 1 aromatic rings.